The molecule has 0 saturated carbocycles. The van der Waals surface area contributed by atoms with Gasteiger partial charge >= 0.3 is 6.09 Å². The van der Waals surface area contributed by atoms with E-state index in [1.807, 2.05) is 0 Å². The van der Waals surface area contributed by atoms with E-state index >= 15 is 0 Å². The third kappa shape index (κ3) is 4.52. The number of nitrogens with zero attached hydrogens (tertiary/aromatic N) is 1. The minimum Gasteiger partial charge on any atom is -0.444 e. The van der Waals surface area contributed by atoms with Gasteiger partial charge in [-0.25, -0.2) is 4.79 Å². The van der Waals surface area contributed by atoms with E-state index in [1.54, 1.807) is 0 Å². The molecule has 0 aliphatic carbocycles. The number of ether oxygens (including phenoxy) is 1. The average Bonchev–Trinajstić information content (AvgIpc) is 2.26. The first-order valence-corrected chi connectivity index (χ1v) is 4.88. The average molecular weight is 257 g/mol. The zero-order valence-electron chi connectivity index (χ0n) is 8.68. The fourth-order valence-corrected chi connectivity index (χ4v) is 1.05. The number of nitrogens with one attached hydrogen (secondary N) is 1. The molecule has 0 aromatic heterocycles. The highest BCUT2D eigenvalue weighted by atomic mass is 35.5. The number of amides is 1. The molecule has 6 nitrogen and oxygen atoms in total. The van der Waals surface area contributed by atoms with Gasteiger partial charge in [0.25, 0.3) is 5.69 Å². The second-order valence-electron chi connectivity index (χ2n) is 3.03. The zero-order valence-corrected chi connectivity index (χ0v) is 9.44. The topological polar surface area (TPSA) is 81.5 Å². The first-order valence-electron chi connectivity index (χ1n) is 4.50. The van der Waals surface area contributed by atoms with Crippen molar-refractivity contribution in [1.29, 1.82) is 0 Å². The van der Waals surface area contributed by atoms with E-state index in [0.717, 1.165) is 0 Å². The Hall–Kier alpha value is -2.08. The van der Waals surface area contributed by atoms with E-state index in [2.05, 4.69) is 16.6 Å². The summed E-state index contributed by atoms with van der Waals surface area (Å²) in [7, 11) is 0. The van der Waals surface area contributed by atoms with Crippen molar-refractivity contribution in [2.24, 2.45) is 0 Å². The molecule has 1 N–H and O–H groups in total. The maximum Gasteiger partial charge on any atom is 0.411 e. The van der Waals surface area contributed by atoms with Crippen LogP contribution in [-0.2, 0) is 4.74 Å². The van der Waals surface area contributed by atoms with Crippen LogP contribution in [0.3, 0.4) is 0 Å². The molecule has 0 saturated heterocycles. The molecular weight excluding hydrogens is 248 g/mol. The van der Waals surface area contributed by atoms with Crippen LogP contribution >= 0.6 is 11.6 Å². The molecule has 17 heavy (non-hydrogen) atoms. The highest BCUT2D eigenvalue weighted by Crippen LogP contribution is 2.17. The largest absolute Gasteiger partial charge is 0.444 e. The Kier molecular flexibility index (Phi) is 4.47. The number of hydrogen-bond acceptors (Lipinski definition) is 4. The van der Waals surface area contributed by atoms with Crippen molar-refractivity contribution in [3.8, 4) is 0 Å². The smallest absolute Gasteiger partial charge is 0.411 e. The second-order valence-corrected chi connectivity index (χ2v) is 3.56. The predicted octanol–water partition coefficient (Wildman–Crippen LogP) is 2.90. The Morgan fingerprint density at radius 2 is 2.29 bits per heavy atom. The van der Waals surface area contributed by atoms with Gasteiger partial charge in [0.05, 0.1) is 10.6 Å². The Bertz CT molecular complexity index is 461. The van der Waals surface area contributed by atoms with E-state index in [9.17, 15) is 14.9 Å². The Balaban J connectivity index is 2.62. The zero-order chi connectivity index (χ0) is 12.8. The van der Waals surface area contributed by atoms with Gasteiger partial charge in [-0.1, -0.05) is 24.2 Å². The normalized spacial score (nSPS) is 9.47. The minimum atomic E-state index is -0.757. The lowest BCUT2D eigenvalue weighted by Crippen LogP contribution is -2.14. The van der Waals surface area contributed by atoms with E-state index in [-0.39, 0.29) is 23.0 Å². The molecule has 0 bridgehead atoms. The molecule has 0 spiro atoms. The van der Waals surface area contributed by atoms with Crippen LogP contribution in [0, 0.1) is 10.1 Å². The van der Waals surface area contributed by atoms with Crippen LogP contribution in [0.4, 0.5) is 16.2 Å². The molecule has 1 amide bonds. The van der Waals surface area contributed by atoms with Crippen molar-refractivity contribution >= 4 is 29.1 Å². The monoisotopic (exact) mass is 256 g/mol. The second kappa shape index (κ2) is 5.86. The highest BCUT2D eigenvalue weighted by molar-refractivity contribution is 6.29. The van der Waals surface area contributed by atoms with Gasteiger partial charge in [-0.3, -0.25) is 15.4 Å². The number of anilines is 1. The predicted molar refractivity (Wildman–Crippen MR) is 63.1 cm³/mol. The van der Waals surface area contributed by atoms with Crippen molar-refractivity contribution in [2.75, 3.05) is 11.9 Å². The highest BCUT2D eigenvalue weighted by Gasteiger charge is 2.08. The van der Waals surface area contributed by atoms with Crippen LogP contribution in [0.2, 0.25) is 0 Å². The number of nitro benzene ring substituents is 1. The number of rotatable bonds is 4. The first-order chi connectivity index (χ1) is 7.99. The molecule has 1 aromatic rings. The summed E-state index contributed by atoms with van der Waals surface area (Å²) < 4.78 is 4.66. The molecule has 0 radical (unpaired) electrons. The fourth-order valence-electron chi connectivity index (χ4n) is 0.995. The van der Waals surface area contributed by atoms with Crippen LogP contribution in [-0.4, -0.2) is 17.6 Å². The molecule has 7 heteroatoms. The van der Waals surface area contributed by atoms with Crippen LogP contribution in [0.5, 0.6) is 0 Å². The van der Waals surface area contributed by atoms with Gasteiger partial charge in [0.1, 0.15) is 6.61 Å². The van der Waals surface area contributed by atoms with Crippen molar-refractivity contribution in [3.63, 3.8) is 0 Å². The molecule has 0 atom stereocenters. The van der Waals surface area contributed by atoms with Gasteiger partial charge in [0, 0.05) is 17.2 Å². The Morgan fingerprint density at radius 1 is 1.59 bits per heavy atom. The third-order valence-corrected chi connectivity index (χ3v) is 1.77. The van der Waals surface area contributed by atoms with E-state index in [4.69, 9.17) is 11.6 Å². The quantitative estimate of drug-likeness (QED) is 0.663. The van der Waals surface area contributed by atoms with Crippen LogP contribution in [0.25, 0.3) is 0 Å². The van der Waals surface area contributed by atoms with Gasteiger partial charge in [-0.05, 0) is 6.07 Å². The number of non-ortho nitro benzene ring substituents is 1. The van der Waals surface area contributed by atoms with Crippen molar-refractivity contribution in [1.82, 2.24) is 0 Å². The maximum absolute atomic E-state index is 11.2. The number of carbonyl (C=O) groups excluding carboxylic acids is 1. The standard InChI is InChI=1S/C10H9ClN2O4/c1-7(11)6-17-10(14)12-8-3-2-4-9(5-8)13(15)16/h2-5H,1,6H2,(H,12,14). The molecule has 90 valence electrons. The minimum absolute atomic E-state index is 0.121. The molecule has 0 aliphatic rings. The molecular formula is C10H9ClN2O4. The summed E-state index contributed by atoms with van der Waals surface area (Å²) in [5, 5.41) is 13.0. The lowest BCUT2D eigenvalue weighted by atomic mass is 10.3. The van der Waals surface area contributed by atoms with Crippen LogP contribution in [0.1, 0.15) is 0 Å². The number of carbonyl (C=O) groups is 1. The number of nitro groups is 1. The van der Waals surface area contributed by atoms with Gasteiger partial charge in [0.15, 0.2) is 0 Å². The third-order valence-electron chi connectivity index (χ3n) is 1.66. The summed E-state index contributed by atoms with van der Waals surface area (Å²) in [6.45, 7) is 3.22. The summed E-state index contributed by atoms with van der Waals surface area (Å²) in [4.78, 5) is 21.1. The molecule has 0 heterocycles. The van der Waals surface area contributed by atoms with Crippen molar-refractivity contribution < 1.29 is 14.5 Å². The number of hydrogen-bond donors (Lipinski definition) is 1. The Morgan fingerprint density at radius 3 is 2.88 bits per heavy atom. The fraction of sp³-hybridized carbons (Fsp3) is 0.100. The molecule has 0 fully saturated rings. The summed E-state index contributed by atoms with van der Waals surface area (Å²) in [5.74, 6) is 0. The summed E-state index contributed by atoms with van der Waals surface area (Å²) in [6, 6.07) is 5.49. The number of halogens is 1. The SMILES string of the molecule is C=C(Cl)COC(=O)Nc1cccc([N+](=O)[O-])c1. The molecule has 0 unspecified atom stereocenters. The molecule has 1 rings (SSSR count). The lowest BCUT2D eigenvalue weighted by Gasteiger charge is -2.05. The maximum atomic E-state index is 11.2. The van der Waals surface area contributed by atoms with Crippen LogP contribution in [0.15, 0.2) is 35.9 Å². The number of benzene rings is 1. The van der Waals surface area contributed by atoms with Crippen molar-refractivity contribution in [3.05, 3.63) is 46.0 Å². The van der Waals surface area contributed by atoms with Gasteiger partial charge < -0.3 is 4.74 Å². The summed E-state index contributed by atoms with van der Waals surface area (Å²) in [5.41, 5.74) is 0.147. The van der Waals surface area contributed by atoms with Gasteiger partial charge in [0.2, 0.25) is 0 Å². The van der Waals surface area contributed by atoms with E-state index in [0.29, 0.717) is 0 Å². The lowest BCUT2D eigenvalue weighted by molar-refractivity contribution is -0.384. The first kappa shape index (κ1) is 13.0. The van der Waals surface area contributed by atoms with Gasteiger partial charge in [-0.2, -0.15) is 0 Å². The Labute approximate surface area is 102 Å². The molecule has 1 aromatic carbocycles. The molecule has 0 aliphatic heterocycles. The van der Waals surface area contributed by atoms with E-state index in [1.165, 1.54) is 24.3 Å². The van der Waals surface area contributed by atoms with E-state index < -0.39 is 11.0 Å². The van der Waals surface area contributed by atoms with Crippen LogP contribution < -0.4 is 5.32 Å². The van der Waals surface area contributed by atoms with Crippen molar-refractivity contribution in [2.45, 2.75) is 0 Å². The summed E-state index contributed by atoms with van der Waals surface area (Å²) in [6.07, 6.45) is -0.757. The van der Waals surface area contributed by atoms with Gasteiger partial charge in [-0.15, -0.1) is 0 Å². The summed E-state index contributed by atoms with van der Waals surface area (Å²) >= 11 is 5.40.